The number of amides is 1. The molecule has 1 heterocycles. The van der Waals surface area contributed by atoms with Crippen molar-refractivity contribution in [1.82, 2.24) is 14.8 Å². The van der Waals surface area contributed by atoms with Crippen LogP contribution in [0.3, 0.4) is 0 Å². The number of aliphatic carboxylic acids is 1. The van der Waals surface area contributed by atoms with Crippen LogP contribution in [0.4, 0.5) is 4.39 Å². The molecule has 2 atom stereocenters. The molecule has 202 valence electrons. The molecule has 0 saturated carbocycles. The number of hydrogen-bond acceptors (Lipinski definition) is 6. The molecule has 9 nitrogen and oxygen atoms in total. The Labute approximate surface area is 220 Å². The molecule has 2 unspecified atom stereocenters. The molecule has 0 aliphatic heterocycles. The Balaban J connectivity index is 2.05. The number of nitrogens with zero attached hydrogens (tertiary/aromatic N) is 3. The summed E-state index contributed by atoms with van der Waals surface area (Å²) < 4.78 is 15.1. The molecule has 38 heavy (non-hydrogen) atoms. The van der Waals surface area contributed by atoms with E-state index in [1.54, 1.807) is 6.08 Å². The number of carboxylic acid groups (broad SMARTS) is 1. The topological polar surface area (TPSA) is 125 Å². The molecule has 3 rings (SSSR count). The Hall–Kier alpha value is -3.86. The number of benzene rings is 2. The molecule has 0 spiro atoms. The van der Waals surface area contributed by atoms with Gasteiger partial charge in [0.1, 0.15) is 5.82 Å². The maximum atomic E-state index is 13.6. The standard InChI is InChI=1S/C28H32FN3O6/c1-18(2)26-24(14-13-22(33)15-23(34)16-25(35)36)32(21-11-9-20(29)10-12-21)30-27(26)28(37)31(38-3)17-19-7-5-4-6-8-19/h4-14,18,22-23,33-34H,15-17H2,1-3H3,(H,35,36). The molecule has 1 amide bonds. The van der Waals surface area contributed by atoms with E-state index in [1.165, 1.54) is 47.2 Å². The number of hydroxylamine groups is 2. The van der Waals surface area contributed by atoms with Crippen LogP contribution in [0.5, 0.6) is 0 Å². The average molecular weight is 526 g/mol. The van der Waals surface area contributed by atoms with Gasteiger partial charge in [-0.15, -0.1) is 0 Å². The number of carbonyl (C=O) groups is 2. The molecule has 0 saturated heterocycles. The van der Waals surface area contributed by atoms with Crippen molar-refractivity contribution in [2.24, 2.45) is 0 Å². The van der Waals surface area contributed by atoms with Crippen LogP contribution in [0.2, 0.25) is 0 Å². The number of aliphatic hydroxyl groups excluding tert-OH is 2. The van der Waals surface area contributed by atoms with Crippen LogP contribution in [-0.2, 0) is 16.2 Å². The first-order valence-electron chi connectivity index (χ1n) is 12.2. The van der Waals surface area contributed by atoms with Gasteiger partial charge in [0.2, 0.25) is 0 Å². The van der Waals surface area contributed by atoms with Gasteiger partial charge < -0.3 is 15.3 Å². The fourth-order valence-corrected chi connectivity index (χ4v) is 4.04. The zero-order valence-corrected chi connectivity index (χ0v) is 21.5. The Morgan fingerprint density at radius 1 is 1.11 bits per heavy atom. The van der Waals surface area contributed by atoms with Gasteiger partial charge in [-0.2, -0.15) is 5.10 Å². The molecular weight excluding hydrogens is 493 g/mol. The number of aliphatic hydroxyl groups is 2. The SMILES string of the molecule is CON(Cc1ccccc1)C(=O)c1nn(-c2ccc(F)cc2)c(C=CC(O)CC(O)CC(=O)O)c1C(C)C. The molecule has 0 fully saturated rings. The molecule has 0 aliphatic rings. The molecule has 1 aromatic heterocycles. The highest BCUT2D eigenvalue weighted by Gasteiger charge is 2.28. The molecular formula is C28H32FN3O6. The highest BCUT2D eigenvalue weighted by Crippen LogP contribution is 2.29. The number of carboxylic acids is 1. The molecule has 3 N–H and O–H groups in total. The van der Waals surface area contributed by atoms with Crippen LogP contribution in [0.25, 0.3) is 11.8 Å². The molecule has 10 heteroatoms. The van der Waals surface area contributed by atoms with E-state index < -0.39 is 36.3 Å². The van der Waals surface area contributed by atoms with E-state index in [0.717, 1.165) is 5.56 Å². The second-order valence-electron chi connectivity index (χ2n) is 9.11. The third-order valence-electron chi connectivity index (χ3n) is 5.83. The molecule has 2 aromatic carbocycles. The number of halogens is 1. The van der Waals surface area contributed by atoms with Crippen molar-refractivity contribution >= 4 is 18.0 Å². The van der Waals surface area contributed by atoms with Gasteiger partial charge in [0.15, 0.2) is 5.69 Å². The van der Waals surface area contributed by atoms with Gasteiger partial charge in [0.25, 0.3) is 5.91 Å². The van der Waals surface area contributed by atoms with Crippen molar-refractivity contribution in [3.8, 4) is 5.69 Å². The van der Waals surface area contributed by atoms with Crippen LogP contribution < -0.4 is 0 Å². The molecule has 3 aromatic rings. The van der Waals surface area contributed by atoms with Gasteiger partial charge in [-0.1, -0.05) is 50.3 Å². The summed E-state index contributed by atoms with van der Waals surface area (Å²) in [5.41, 5.74) is 2.51. The van der Waals surface area contributed by atoms with Crippen LogP contribution in [0.15, 0.2) is 60.7 Å². The fourth-order valence-electron chi connectivity index (χ4n) is 4.04. The smallest absolute Gasteiger partial charge is 0.305 e. The van der Waals surface area contributed by atoms with Crippen LogP contribution in [0, 0.1) is 5.82 Å². The fraction of sp³-hybridized carbons (Fsp3) is 0.321. The Kier molecular flexibility index (Phi) is 9.89. The zero-order valence-electron chi connectivity index (χ0n) is 21.5. The van der Waals surface area contributed by atoms with E-state index in [1.807, 2.05) is 44.2 Å². The lowest BCUT2D eigenvalue weighted by molar-refractivity contribution is -0.139. The van der Waals surface area contributed by atoms with Crippen molar-refractivity contribution in [1.29, 1.82) is 0 Å². The monoisotopic (exact) mass is 525 g/mol. The van der Waals surface area contributed by atoms with E-state index in [-0.39, 0.29) is 24.6 Å². The summed E-state index contributed by atoms with van der Waals surface area (Å²) in [6.07, 6.45) is -0.111. The predicted octanol–water partition coefficient (Wildman–Crippen LogP) is 3.94. The van der Waals surface area contributed by atoms with E-state index in [9.17, 15) is 24.2 Å². The van der Waals surface area contributed by atoms with Crippen LogP contribution in [-0.4, -0.2) is 61.4 Å². The first kappa shape index (κ1) is 28.7. The maximum absolute atomic E-state index is 13.6. The van der Waals surface area contributed by atoms with Gasteiger partial charge in [-0.05, 0) is 41.8 Å². The van der Waals surface area contributed by atoms with Gasteiger partial charge in [0, 0.05) is 12.0 Å². The Morgan fingerprint density at radius 2 is 1.76 bits per heavy atom. The lowest BCUT2D eigenvalue weighted by Crippen LogP contribution is -2.30. The molecule has 0 aliphatic carbocycles. The summed E-state index contributed by atoms with van der Waals surface area (Å²) in [6, 6.07) is 14.9. The summed E-state index contributed by atoms with van der Waals surface area (Å²) in [4.78, 5) is 29.9. The lowest BCUT2D eigenvalue weighted by atomic mass is 9.98. The second kappa shape index (κ2) is 13.1. The van der Waals surface area contributed by atoms with Crippen molar-refractivity contribution in [3.63, 3.8) is 0 Å². The first-order valence-corrected chi connectivity index (χ1v) is 12.2. The number of aromatic nitrogens is 2. The maximum Gasteiger partial charge on any atom is 0.305 e. The summed E-state index contributed by atoms with van der Waals surface area (Å²) in [6.45, 7) is 3.96. The van der Waals surface area contributed by atoms with Crippen LogP contribution in [0.1, 0.15) is 59.9 Å². The minimum absolute atomic E-state index is 0.127. The van der Waals surface area contributed by atoms with Gasteiger partial charge in [-0.3, -0.25) is 14.4 Å². The summed E-state index contributed by atoms with van der Waals surface area (Å²) in [5, 5.41) is 34.9. The zero-order chi connectivity index (χ0) is 27.8. The Morgan fingerprint density at radius 3 is 2.34 bits per heavy atom. The highest BCUT2D eigenvalue weighted by atomic mass is 19.1. The largest absolute Gasteiger partial charge is 0.481 e. The quantitative estimate of drug-likeness (QED) is 0.306. The van der Waals surface area contributed by atoms with Gasteiger partial charge in [-0.25, -0.2) is 14.1 Å². The van der Waals surface area contributed by atoms with Crippen molar-refractivity contribution in [2.45, 2.75) is 51.4 Å². The van der Waals surface area contributed by atoms with E-state index in [4.69, 9.17) is 9.94 Å². The normalized spacial score (nSPS) is 13.1. The minimum atomic E-state index is -1.23. The number of hydrogen-bond donors (Lipinski definition) is 3. The summed E-state index contributed by atoms with van der Waals surface area (Å²) in [7, 11) is 1.40. The third-order valence-corrected chi connectivity index (χ3v) is 5.83. The van der Waals surface area contributed by atoms with E-state index in [0.29, 0.717) is 16.9 Å². The first-order chi connectivity index (χ1) is 18.1. The van der Waals surface area contributed by atoms with Gasteiger partial charge in [0.05, 0.1) is 43.7 Å². The van der Waals surface area contributed by atoms with E-state index >= 15 is 0 Å². The van der Waals surface area contributed by atoms with Gasteiger partial charge >= 0.3 is 5.97 Å². The van der Waals surface area contributed by atoms with Crippen molar-refractivity contribution in [2.75, 3.05) is 7.11 Å². The minimum Gasteiger partial charge on any atom is -0.481 e. The van der Waals surface area contributed by atoms with Crippen LogP contribution >= 0.6 is 0 Å². The molecule has 0 radical (unpaired) electrons. The highest BCUT2D eigenvalue weighted by molar-refractivity contribution is 5.94. The second-order valence-corrected chi connectivity index (χ2v) is 9.11. The third kappa shape index (κ3) is 7.34. The predicted molar refractivity (Wildman–Crippen MR) is 139 cm³/mol. The summed E-state index contributed by atoms with van der Waals surface area (Å²) in [5.74, 6) is -2.28. The molecule has 0 bridgehead atoms. The Bertz CT molecular complexity index is 1260. The van der Waals surface area contributed by atoms with Crippen molar-refractivity contribution in [3.05, 3.63) is 89.0 Å². The number of rotatable bonds is 12. The lowest BCUT2D eigenvalue weighted by Gasteiger charge is -2.20. The average Bonchev–Trinajstić information content (AvgIpc) is 3.26. The summed E-state index contributed by atoms with van der Waals surface area (Å²) >= 11 is 0. The van der Waals surface area contributed by atoms with E-state index in [2.05, 4.69) is 5.10 Å². The number of carbonyl (C=O) groups excluding carboxylic acids is 1. The van der Waals surface area contributed by atoms with Crippen molar-refractivity contribution < 1.29 is 34.1 Å².